The highest BCUT2D eigenvalue weighted by molar-refractivity contribution is 9.10. The molecule has 0 heterocycles. The highest BCUT2D eigenvalue weighted by Crippen LogP contribution is 2.29. The number of esters is 2. The number of rotatable bonds is 14. The van der Waals surface area contributed by atoms with Crippen LogP contribution in [0, 0.1) is 0 Å². The zero-order chi connectivity index (χ0) is 26.5. The SMILES string of the molecule is CCCCCCCCCCc1ccc(OC(=O)c2ccc(OC(=O)c3ccc(Br)cc3)c(OC)c2)cc1. The van der Waals surface area contributed by atoms with Crippen molar-refractivity contribution in [3.63, 3.8) is 0 Å². The van der Waals surface area contributed by atoms with Gasteiger partial charge in [0.25, 0.3) is 0 Å². The average Bonchev–Trinajstić information content (AvgIpc) is 2.91. The quantitative estimate of drug-likeness (QED) is 0.111. The molecule has 5 nitrogen and oxygen atoms in total. The van der Waals surface area contributed by atoms with Gasteiger partial charge in [-0.05, 0) is 73.0 Å². The van der Waals surface area contributed by atoms with Crippen LogP contribution in [0.5, 0.6) is 17.2 Å². The minimum absolute atomic E-state index is 0.220. The van der Waals surface area contributed by atoms with Gasteiger partial charge in [-0.2, -0.15) is 0 Å². The molecule has 0 N–H and O–H groups in total. The van der Waals surface area contributed by atoms with Crippen LogP contribution in [0.1, 0.15) is 84.6 Å². The summed E-state index contributed by atoms with van der Waals surface area (Å²) in [5.41, 5.74) is 1.94. The number of benzene rings is 3. The average molecular weight is 568 g/mol. The summed E-state index contributed by atoms with van der Waals surface area (Å²) in [6.45, 7) is 2.24. The van der Waals surface area contributed by atoms with Gasteiger partial charge >= 0.3 is 11.9 Å². The first-order valence-corrected chi connectivity index (χ1v) is 13.8. The van der Waals surface area contributed by atoms with Gasteiger partial charge in [0.15, 0.2) is 11.5 Å². The first-order valence-electron chi connectivity index (χ1n) is 13.0. The fourth-order valence-corrected chi connectivity index (χ4v) is 4.24. The molecular formula is C31H35BrO5. The van der Waals surface area contributed by atoms with Crippen molar-refractivity contribution >= 4 is 27.9 Å². The second-order valence-corrected chi connectivity index (χ2v) is 9.94. The Morgan fingerprint density at radius 2 is 1.27 bits per heavy atom. The van der Waals surface area contributed by atoms with Crippen molar-refractivity contribution in [2.24, 2.45) is 0 Å². The van der Waals surface area contributed by atoms with Crippen molar-refractivity contribution in [2.75, 3.05) is 7.11 Å². The number of aryl methyl sites for hydroxylation is 1. The van der Waals surface area contributed by atoms with E-state index in [0.29, 0.717) is 16.9 Å². The summed E-state index contributed by atoms with van der Waals surface area (Å²) in [4.78, 5) is 25.1. The number of hydrogen-bond acceptors (Lipinski definition) is 5. The van der Waals surface area contributed by atoms with Gasteiger partial charge in [0.2, 0.25) is 0 Å². The maximum atomic E-state index is 12.7. The number of ether oxygens (including phenoxy) is 3. The largest absolute Gasteiger partial charge is 0.493 e. The van der Waals surface area contributed by atoms with Crippen LogP contribution < -0.4 is 14.2 Å². The van der Waals surface area contributed by atoms with E-state index in [9.17, 15) is 9.59 Å². The molecule has 0 aliphatic carbocycles. The topological polar surface area (TPSA) is 61.8 Å². The van der Waals surface area contributed by atoms with E-state index in [-0.39, 0.29) is 11.5 Å². The van der Waals surface area contributed by atoms with Gasteiger partial charge in [0.1, 0.15) is 5.75 Å². The highest BCUT2D eigenvalue weighted by atomic mass is 79.9. The minimum Gasteiger partial charge on any atom is -0.493 e. The maximum Gasteiger partial charge on any atom is 0.343 e. The number of unbranched alkanes of at least 4 members (excludes halogenated alkanes) is 7. The van der Waals surface area contributed by atoms with Crippen molar-refractivity contribution < 1.29 is 23.8 Å². The molecule has 0 aliphatic heterocycles. The monoisotopic (exact) mass is 566 g/mol. The lowest BCUT2D eigenvalue weighted by atomic mass is 10.0. The molecule has 3 aromatic carbocycles. The van der Waals surface area contributed by atoms with Crippen molar-refractivity contribution in [3.05, 3.63) is 87.9 Å². The summed E-state index contributed by atoms with van der Waals surface area (Å²) in [7, 11) is 1.45. The van der Waals surface area contributed by atoms with E-state index < -0.39 is 11.9 Å². The molecule has 0 atom stereocenters. The Labute approximate surface area is 228 Å². The molecule has 0 radical (unpaired) electrons. The van der Waals surface area contributed by atoms with Gasteiger partial charge in [0, 0.05) is 4.47 Å². The van der Waals surface area contributed by atoms with Crippen molar-refractivity contribution in [1.82, 2.24) is 0 Å². The highest BCUT2D eigenvalue weighted by Gasteiger charge is 2.16. The second kappa shape index (κ2) is 15.2. The summed E-state index contributed by atoms with van der Waals surface area (Å²) in [5.74, 6) is -0.0691. The van der Waals surface area contributed by atoms with E-state index in [4.69, 9.17) is 14.2 Å². The van der Waals surface area contributed by atoms with Gasteiger partial charge in [-0.3, -0.25) is 0 Å². The Kier molecular flexibility index (Phi) is 11.7. The molecule has 3 rings (SSSR count). The summed E-state index contributed by atoms with van der Waals surface area (Å²) in [5, 5.41) is 0. The minimum atomic E-state index is -0.520. The number of halogens is 1. The van der Waals surface area contributed by atoms with Gasteiger partial charge in [-0.25, -0.2) is 9.59 Å². The van der Waals surface area contributed by atoms with Crippen LogP contribution in [0.3, 0.4) is 0 Å². The van der Waals surface area contributed by atoms with Crippen LogP contribution in [-0.2, 0) is 6.42 Å². The van der Waals surface area contributed by atoms with Crippen molar-refractivity contribution in [3.8, 4) is 17.2 Å². The normalized spacial score (nSPS) is 10.7. The second-order valence-electron chi connectivity index (χ2n) is 9.02. The molecule has 0 bridgehead atoms. The van der Waals surface area contributed by atoms with Gasteiger partial charge in [0.05, 0.1) is 18.2 Å². The lowest BCUT2D eigenvalue weighted by molar-refractivity contribution is 0.0728. The smallest absolute Gasteiger partial charge is 0.343 e. The van der Waals surface area contributed by atoms with Gasteiger partial charge in [-0.1, -0.05) is 79.9 Å². The summed E-state index contributed by atoms with van der Waals surface area (Å²) >= 11 is 3.34. The van der Waals surface area contributed by atoms with E-state index in [0.717, 1.165) is 10.9 Å². The first-order chi connectivity index (χ1) is 18.0. The van der Waals surface area contributed by atoms with Crippen LogP contribution in [0.2, 0.25) is 0 Å². The molecule has 3 aromatic rings. The van der Waals surface area contributed by atoms with Crippen LogP contribution in [0.15, 0.2) is 71.2 Å². The lowest BCUT2D eigenvalue weighted by Crippen LogP contribution is -2.11. The molecule has 0 saturated heterocycles. The van der Waals surface area contributed by atoms with Gasteiger partial charge in [-0.15, -0.1) is 0 Å². The molecule has 0 fully saturated rings. The number of carbonyl (C=O) groups is 2. The molecule has 0 saturated carbocycles. The van der Waals surface area contributed by atoms with Crippen LogP contribution >= 0.6 is 15.9 Å². The van der Waals surface area contributed by atoms with E-state index in [2.05, 4.69) is 22.9 Å². The Morgan fingerprint density at radius 1 is 0.676 bits per heavy atom. The molecule has 0 aromatic heterocycles. The Balaban J connectivity index is 1.50. The maximum absolute atomic E-state index is 12.7. The van der Waals surface area contributed by atoms with E-state index in [1.165, 1.54) is 76.2 Å². The van der Waals surface area contributed by atoms with Gasteiger partial charge < -0.3 is 14.2 Å². The molecule has 0 amide bonds. The fraction of sp³-hybridized carbons (Fsp3) is 0.355. The summed E-state index contributed by atoms with van der Waals surface area (Å²) < 4.78 is 17.2. The summed E-state index contributed by atoms with van der Waals surface area (Å²) in [6.07, 6.45) is 11.4. The third-order valence-electron chi connectivity index (χ3n) is 6.13. The third kappa shape index (κ3) is 9.36. The first kappa shape index (κ1) is 28.5. The Bertz CT molecular complexity index is 1140. The molecule has 6 heteroatoms. The standard InChI is InChI=1S/C31H35BrO5/c1-3-4-5-6-7-8-9-10-11-23-12-19-27(20-13-23)36-31(34)25-16-21-28(29(22-25)35-2)37-30(33)24-14-17-26(32)18-15-24/h12-22H,3-11H2,1-2H3. The molecule has 0 spiro atoms. The number of carbonyl (C=O) groups excluding carboxylic acids is 2. The van der Waals surface area contributed by atoms with E-state index in [1.807, 2.05) is 24.3 Å². The van der Waals surface area contributed by atoms with E-state index >= 15 is 0 Å². The van der Waals surface area contributed by atoms with Crippen LogP contribution in [0.25, 0.3) is 0 Å². The van der Waals surface area contributed by atoms with Crippen LogP contribution in [-0.4, -0.2) is 19.0 Å². The number of methoxy groups -OCH3 is 1. The Morgan fingerprint density at radius 3 is 1.92 bits per heavy atom. The molecule has 37 heavy (non-hydrogen) atoms. The lowest BCUT2D eigenvalue weighted by Gasteiger charge is -2.11. The molecular weight excluding hydrogens is 532 g/mol. The predicted molar refractivity (Wildman–Crippen MR) is 150 cm³/mol. The molecule has 0 unspecified atom stereocenters. The van der Waals surface area contributed by atoms with Crippen molar-refractivity contribution in [2.45, 2.75) is 64.7 Å². The third-order valence-corrected chi connectivity index (χ3v) is 6.66. The summed E-state index contributed by atoms with van der Waals surface area (Å²) in [6, 6.07) is 19.1. The predicted octanol–water partition coefficient (Wildman–Crippen LogP) is 8.58. The molecule has 196 valence electrons. The fourth-order valence-electron chi connectivity index (χ4n) is 3.98. The number of hydrogen-bond donors (Lipinski definition) is 0. The van der Waals surface area contributed by atoms with E-state index in [1.54, 1.807) is 30.3 Å². The zero-order valence-corrected chi connectivity index (χ0v) is 23.2. The zero-order valence-electron chi connectivity index (χ0n) is 21.6. The van der Waals surface area contributed by atoms with Crippen LogP contribution in [0.4, 0.5) is 0 Å². The molecule has 0 aliphatic rings. The van der Waals surface area contributed by atoms with Crippen molar-refractivity contribution in [1.29, 1.82) is 0 Å². The Hall–Kier alpha value is -3.12.